The second-order valence-corrected chi connectivity index (χ2v) is 5.67. The van der Waals surface area contributed by atoms with Gasteiger partial charge in [-0.25, -0.2) is 0 Å². The number of hydrogen-bond donors (Lipinski definition) is 0. The molecule has 2 heteroatoms. The van der Waals surface area contributed by atoms with Gasteiger partial charge in [-0.15, -0.1) is 12.3 Å². The van der Waals surface area contributed by atoms with Crippen LogP contribution in [0, 0.1) is 12.3 Å². The average molecular weight is 238 g/mol. The van der Waals surface area contributed by atoms with Gasteiger partial charge >= 0.3 is 0 Å². The zero-order valence-corrected chi connectivity index (χ0v) is 9.90. The standard InChI is InChI=1S/C15H13P.BH3/c1-2-13-16(14-9-5-3-6-10-14)15-11-7-4-8-12-15;/h1,3-12H,13H2;1H3. The predicted octanol–water partition coefficient (Wildman–Crippen LogP) is 1.57. The second-order valence-electron chi connectivity index (χ2n) is 3.46. The van der Waals surface area contributed by atoms with Crippen LogP contribution in [0.1, 0.15) is 0 Å². The van der Waals surface area contributed by atoms with E-state index in [4.69, 9.17) is 6.42 Å². The fourth-order valence-corrected chi connectivity index (χ4v) is 3.55. The number of benzene rings is 2. The zero-order chi connectivity index (χ0) is 11.2. The van der Waals surface area contributed by atoms with Crippen LogP contribution in [0.5, 0.6) is 0 Å². The molecule has 2 rings (SSSR count). The van der Waals surface area contributed by atoms with Gasteiger partial charge in [-0.1, -0.05) is 60.7 Å². The van der Waals surface area contributed by atoms with Crippen LogP contribution in [0.25, 0.3) is 0 Å². The highest BCUT2D eigenvalue weighted by Crippen LogP contribution is 2.32. The molecule has 0 nitrogen and oxygen atoms in total. The number of rotatable bonds is 3. The molecule has 0 aliphatic carbocycles. The SMILES string of the molecule is B.C#CCP(c1ccccc1)c1ccccc1. The third kappa shape index (κ3) is 3.48. The lowest BCUT2D eigenvalue weighted by molar-refractivity contribution is 1.73. The van der Waals surface area contributed by atoms with Crippen molar-refractivity contribution in [2.75, 3.05) is 6.16 Å². The van der Waals surface area contributed by atoms with Crippen LogP contribution < -0.4 is 10.6 Å². The molecule has 0 atom stereocenters. The molecule has 0 N–H and O–H groups in total. The molecule has 0 aliphatic rings. The molecule has 2 aromatic carbocycles. The molecule has 0 aliphatic heterocycles. The summed E-state index contributed by atoms with van der Waals surface area (Å²) in [7, 11) is -0.387. The van der Waals surface area contributed by atoms with Crippen molar-refractivity contribution in [1.29, 1.82) is 0 Å². The summed E-state index contributed by atoms with van der Waals surface area (Å²) in [5, 5.41) is 2.70. The monoisotopic (exact) mass is 238 g/mol. The minimum atomic E-state index is -0.387. The molecular weight excluding hydrogens is 222 g/mol. The molecule has 0 spiro atoms. The van der Waals surface area contributed by atoms with Gasteiger partial charge in [0.15, 0.2) is 0 Å². The molecule has 0 aromatic heterocycles. The topological polar surface area (TPSA) is 0 Å². The Hall–Kier alpha value is -1.51. The third-order valence-corrected chi connectivity index (χ3v) is 4.73. The van der Waals surface area contributed by atoms with Crippen molar-refractivity contribution >= 4 is 26.9 Å². The lowest BCUT2D eigenvalue weighted by Gasteiger charge is -2.15. The maximum atomic E-state index is 5.47. The van der Waals surface area contributed by atoms with E-state index >= 15 is 0 Å². The highest BCUT2D eigenvalue weighted by atomic mass is 31.1. The summed E-state index contributed by atoms with van der Waals surface area (Å²) >= 11 is 0. The van der Waals surface area contributed by atoms with Crippen LogP contribution in [-0.2, 0) is 0 Å². The van der Waals surface area contributed by atoms with E-state index in [0.717, 1.165) is 6.16 Å². The summed E-state index contributed by atoms with van der Waals surface area (Å²) < 4.78 is 0. The maximum absolute atomic E-state index is 5.47. The minimum absolute atomic E-state index is 0. The molecular formula is C15H16BP. The Morgan fingerprint density at radius 2 is 1.24 bits per heavy atom. The average Bonchev–Trinajstić information content (AvgIpc) is 2.38. The van der Waals surface area contributed by atoms with Crippen LogP contribution in [-0.4, -0.2) is 14.6 Å². The summed E-state index contributed by atoms with van der Waals surface area (Å²) in [6, 6.07) is 21.0. The Balaban J connectivity index is 0.00000144. The molecule has 0 saturated heterocycles. The van der Waals surface area contributed by atoms with Crippen molar-refractivity contribution in [2.24, 2.45) is 0 Å². The lowest BCUT2D eigenvalue weighted by atomic mass is 10.4. The second kappa shape index (κ2) is 6.95. The smallest absolute Gasteiger partial charge is 0.0814 e. The van der Waals surface area contributed by atoms with E-state index < -0.39 is 0 Å². The van der Waals surface area contributed by atoms with Gasteiger partial charge in [-0.2, -0.15) is 0 Å². The van der Waals surface area contributed by atoms with Gasteiger partial charge in [0.25, 0.3) is 0 Å². The van der Waals surface area contributed by atoms with Crippen LogP contribution in [0.2, 0.25) is 0 Å². The molecule has 2 aromatic rings. The van der Waals surface area contributed by atoms with Gasteiger partial charge in [0.1, 0.15) is 0 Å². The van der Waals surface area contributed by atoms with Crippen molar-refractivity contribution < 1.29 is 0 Å². The molecule has 0 amide bonds. The summed E-state index contributed by atoms with van der Waals surface area (Å²) in [4.78, 5) is 0. The van der Waals surface area contributed by atoms with Crippen molar-refractivity contribution in [1.82, 2.24) is 0 Å². The van der Waals surface area contributed by atoms with E-state index in [1.165, 1.54) is 10.6 Å². The third-order valence-electron chi connectivity index (χ3n) is 2.39. The highest BCUT2D eigenvalue weighted by Gasteiger charge is 2.10. The predicted molar refractivity (Wildman–Crippen MR) is 82.7 cm³/mol. The molecule has 0 saturated carbocycles. The lowest BCUT2D eigenvalue weighted by Crippen LogP contribution is -2.12. The van der Waals surface area contributed by atoms with Gasteiger partial charge in [-0.05, 0) is 18.5 Å². The normalized spacial score (nSPS) is 9.41. The van der Waals surface area contributed by atoms with Crippen molar-refractivity contribution in [3.05, 3.63) is 60.7 Å². The van der Waals surface area contributed by atoms with Gasteiger partial charge in [-0.3, -0.25) is 0 Å². The van der Waals surface area contributed by atoms with E-state index in [9.17, 15) is 0 Å². The molecule has 0 radical (unpaired) electrons. The highest BCUT2D eigenvalue weighted by molar-refractivity contribution is 7.73. The largest absolute Gasteiger partial charge is 0.120 e. The summed E-state index contributed by atoms with van der Waals surface area (Å²) in [5.41, 5.74) is 0. The van der Waals surface area contributed by atoms with Crippen molar-refractivity contribution in [2.45, 2.75) is 0 Å². The van der Waals surface area contributed by atoms with Crippen molar-refractivity contribution in [3.63, 3.8) is 0 Å². The molecule has 0 heterocycles. The Labute approximate surface area is 106 Å². The fraction of sp³-hybridized carbons (Fsp3) is 0.0667. The summed E-state index contributed by atoms with van der Waals surface area (Å²) in [6.45, 7) is 0. The maximum Gasteiger partial charge on any atom is 0.0814 e. The Kier molecular flexibility index (Phi) is 5.54. The Morgan fingerprint density at radius 3 is 1.59 bits per heavy atom. The van der Waals surface area contributed by atoms with Crippen LogP contribution in [0.15, 0.2) is 60.7 Å². The van der Waals surface area contributed by atoms with Gasteiger partial charge in [0.2, 0.25) is 0 Å². The van der Waals surface area contributed by atoms with Crippen LogP contribution in [0.3, 0.4) is 0 Å². The van der Waals surface area contributed by atoms with E-state index in [-0.39, 0.29) is 16.3 Å². The summed E-state index contributed by atoms with van der Waals surface area (Å²) in [5.74, 6) is 2.79. The summed E-state index contributed by atoms with van der Waals surface area (Å²) in [6.07, 6.45) is 6.28. The molecule has 0 bridgehead atoms. The quantitative estimate of drug-likeness (QED) is 0.432. The van der Waals surface area contributed by atoms with Crippen LogP contribution >= 0.6 is 7.92 Å². The van der Waals surface area contributed by atoms with E-state index in [0.29, 0.717) is 0 Å². The first-order chi connectivity index (χ1) is 7.92. The molecule has 84 valence electrons. The first kappa shape index (κ1) is 13.6. The Morgan fingerprint density at radius 1 is 0.824 bits per heavy atom. The fourth-order valence-electron chi connectivity index (χ4n) is 1.64. The van der Waals surface area contributed by atoms with E-state index in [2.05, 4.69) is 54.5 Å². The first-order valence-electron chi connectivity index (χ1n) is 5.23. The molecule has 0 unspecified atom stereocenters. The van der Waals surface area contributed by atoms with E-state index in [1.54, 1.807) is 0 Å². The number of hydrogen-bond acceptors (Lipinski definition) is 0. The first-order valence-corrected chi connectivity index (χ1v) is 6.75. The van der Waals surface area contributed by atoms with Gasteiger partial charge in [0.05, 0.1) is 8.41 Å². The number of terminal acetylenes is 1. The van der Waals surface area contributed by atoms with Crippen molar-refractivity contribution in [3.8, 4) is 12.3 Å². The van der Waals surface area contributed by atoms with Crippen LogP contribution in [0.4, 0.5) is 0 Å². The minimum Gasteiger partial charge on any atom is -0.120 e. The van der Waals surface area contributed by atoms with Gasteiger partial charge < -0.3 is 0 Å². The van der Waals surface area contributed by atoms with E-state index in [1.807, 2.05) is 12.1 Å². The Bertz CT molecular complexity index is 434. The zero-order valence-electron chi connectivity index (χ0n) is 9.01. The molecule has 17 heavy (non-hydrogen) atoms. The van der Waals surface area contributed by atoms with Gasteiger partial charge in [0, 0.05) is 6.16 Å². The molecule has 0 fully saturated rings.